The normalized spacial score (nSPS) is 11.6. The number of sulfonamides is 1. The lowest BCUT2D eigenvalue weighted by Gasteiger charge is -2.23. The number of rotatable bonds is 7. The Kier molecular flexibility index (Phi) is 6.40. The molecule has 0 saturated carbocycles. The van der Waals surface area contributed by atoms with Crippen LogP contribution in [0.5, 0.6) is 0 Å². The highest BCUT2D eigenvalue weighted by Gasteiger charge is 2.28. The maximum atomic E-state index is 13.4. The number of aliphatic carboxylic acids is 1. The van der Waals surface area contributed by atoms with Gasteiger partial charge in [-0.1, -0.05) is 23.2 Å². The van der Waals surface area contributed by atoms with Crippen LogP contribution in [0, 0.1) is 0 Å². The quantitative estimate of drug-likeness (QED) is 0.302. The van der Waals surface area contributed by atoms with Gasteiger partial charge in [0.1, 0.15) is 18.2 Å². The summed E-state index contributed by atoms with van der Waals surface area (Å²) < 4.78 is 31.4. The van der Waals surface area contributed by atoms with E-state index in [1.54, 1.807) is 36.7 Å². The predicted molar refractivity (Wildman–Crippen MR) is 142 cm³/mol. The minimum absolute atomic E-state index is 0.120. The predicted octanol–water partition coefficient (Wildman–Crippen LogP) is 5.01. The molecule has 0 aliphatic rings. The van der Waals surface area contributed by atoms with Crippen LogP contribution in [0.25, 0.3) is 28.1 Å². The van der Waals surface area contributed by atoms with Crippen LogP contribution in [0.2, 0.25) is 10.0 Å². The number of fused-ring (bicyclic) bond motifs is 1. The Hall–Kier alpha value is -3.86. The number of imidazole rings is 1. The minimum atomic E-state index is -4.29. The van der Waals surface area contributed by atoms with Gasteiger partial charge in [-0.2, -0.15) is 0 Å². The summed E-state index contributed by atoms with van der Waals surface area (Å²) in [5, 5.41) is 10.4. The Morgan fingerprint density at radius 2 is 1.73 bits per heavy atom. The molecule has 2 aromatic carbocycles. The van der Waals surface area contributed by atoms with Gasteiger partial charge in [0.25, 0.3) is 10.0 Å². The van der Waals surface area contributed by atoms with Gasteiger partial charge in [0.2, 0.25) is 0 Å². The Bertz CT molecular complexity index is 1740. The molecule has 0 saturated heterocycles. The molecule has 37 heavy (non-hydrogen) atoms. The van der Waals surface area contributed by atoms with Crippen molar-refractivity contribution >= 4 is 55.8 Å². The summed E-state index contributed by atoms with van der Waals surface area (Å²) >= 11 is 12.0. The summed E-state index contributed by atoms with van der Waals surface area (Å²) in [5.74, 6) is 0.120. The lowest BCUT2D eigenvalue weighted by atomic mass is 10.2. The topological polar surface area (TPSA) is 110 Å². The van der Waals surface area contributed by atoms with Crippen LogP contribution in [-0.4, -0.2) is 45.1 Å². The highest BCUT2D eigenvalue weighted by Crippen LogP contribution is 2.31. The molecular weight excluding hydrogens is 537 g/mol. The number of nitrogens with zero attached hydrogens (tertiary/aromatic N) is 5. The van der Waals surface area contributed by atoms with E-state index in [9.17, 15) is 18.3 Å². The van der Waals surface area contributed by atoms with E-state index < -0.39 is 22.5 Å². The lowest BCUT2D eigenvalue weighted by molar-refractivity contribution is -0.135. The van der Waals surface area contributed by atoms with E-state index in [-0.39, 0.29) is 20.6 Å². The van der Waals surface area contributed by atoms with Crippen LogP contribution in [0.3, 0.4) is 0 Å². The fraction of sp³-hybridized carbons (Fsp3) is 0.0800. The molecule has 5 aromatic rings. The fourth-order valence-electron chi connectivity index (χ4n) is 4.06. The molecule has 0 fully saturated rings. The highest BCUT2D eigenvalue weighted by molar-refractivity contribution is 7.92. The lowest BCUT2D eigenvalue weighted by Crippen LogP contribution is -2.35. The minimum Gasteiger partial charge on any atom is -0.480 e. The zero-order valence-electron chi connectivity index (χ0n) is 19.3. The van der Waals surface area contributed by atoms with Crippen molar-refractivity contribution in [1.82, 2.24) is 19.1 Å². The number of pyridine rings is 1. The van der Waals surface area contributed by atoms with Crippen LogP contribution in [-0.2, 0) is 21.9 Å². The molecule has 0 spiro atoms. The number of aromatic nitrogens is 4. The van der Waals surface area contributed by atoms with Crippen molar-refractivity contribution in [1.29, 1.82) is 0 Å². The van der Waals surface area contributed by atoms with Crippen LogP contribution in [0.1, 0.15) is 0 Å². The molecule has 3 aromatic heterocycles. The van der Waals surface area contributed by atoms with Crippen LogP contribution >= 0.6 is 23.2 Å². The van der Waals surface area contributed by atoms with E-state index in [0.29, 0.717) is 11.2 Å². The van der Waals surface area contributed by atoms with Crippen molar-refractivity contribution in [3.8, 4) is 17.2 Å². The van der Waals surface area contributed by atoms with Gasteiger partial charge in [-0.05, 0) is 54.6 Å². The Morgan fingerprint density at radius 3 is 2.41 bits per heavy atom. The van der Waals surface area contributed by atoms with Crippen molar-refractivity contribution in [2.24, 2.45) is 7.05 Å². The van der Waals surface area contributed by atoms with Crippen molar-refractivity contribution in [2.75, 3.05) is 10.8 Å². The third kappa shape index (κ3) is 4.78. The molecule has 12 heteroatoms. The number of benzene rings is 2. The van der Waals surface area contributed by atoms with Crippen LogP contribution in [0.4, 0.5) is 5.69 Å². The first-order chi connectivity index (χ1) is 17.6. The monoisotopic (exact) mass is 555 g/mol. The van der Waals surface area contributed by atoms with Gasteiger partial charge in [-0.25, -0.2) is 18.4 Å². The van der Waals surface area contributed by atoms with Gasteiger partial charge in [0.05, 0.1) is 16.1 Å². The summed E-state index contributed by atoms with van der Waals surface area (Å²) in [6.45, 7) is -0.786. The standard InChI is InChI=1S/C25H19Cl2N5O4S/c1-30-9-7-29-25(30)17-4-6-28-23(11-17)31-8-5-16-10-20(2-3-22(16)31)32(15-24(33)34)37(35,36)21-13-18(26)12-19(27)14-21/h2-14H,15H2,1H3,(H,33,34). The summed E-state index contributed by atoms with van der Waals surface area (Å²) in [4.78, 5) is 20.3. The molecule has 0 radical (unpaired) electrons. The number of carbonyl (C=O) groups is 1. The molecule has 0 amide bonds. The Labute approximate surface area is 222 Å². The third-order valence-corrected chi connectivity index (χ3v) is 7.92. The molecule has 1 N–H and O–H groups in total. The van der Waals surface area contributed by atoms with Gasteiger partial charge < -0.3 is 14.2 Å². The number of aryl methyl sites for hydroxylation is 1. The van der Waals surface area contributed by atoms with E-state index in [1.807, 2.05) is 40.7 Å². The summed E-state index contributed by atoms with van der Waals surface area (Å²) in [6, 6.07) is 14.3. The third-order valence-electron chi connectivity index (χ3n) is 5.74. The van der Waals surface area contributed by atoms with Gasteiger partial charge in [0, 0.05) is 52.8 Å². The van der Waals surface area contributed by atoms with Crippen molar-refractivity contribution in [3.05, 3.63) is 89.4 Å². The van der Waals surface area contributed by atoms with Gasteiger partial charge >= 0.3 is 5.97 Å². The Balaban J connectivity index is 1.57. The van der Waals surface area contributed by atoms with E-state index in [1.165, 1.54) is 18.2 Å². The molecule has 188 valence electrons. The number of hydrogen-bond donors (Lipinski definition) is 1. The second-order valence-electron chi connectivity index (χ2n) is 8.20. The molecule has 5 rings (SSSR count). The second-order valence-corrected chi connectivity index (χ2v) is 10.9. The zero-order chi connectivity index (χ0) is 26.3. The molecular formula is C25H19Cl2N5O4S. The zero-order valence-corrected chi connectivity index (χ0v) is 21.6. The second kappa shape index (κ2) is 9.55. The van der Waals surface area contributed by atoms with Crippen LogP contribution < -0.4 is 4.31 Å². The molecule has 0 atom stereocenters. The van der Waals surface area contributed by atoms with Gasteiger partial charge in [-0.15, -0.1) is 0 Å². The maximum Gasteiger partial charge on any atom is 0.324 e. The first-order valence-corrected chi connectivity index (χ1v) is 13.1. The molecule has 0 aliphatic heterocycles. The van der Waals surface area contributed by atoms with Crippen molar-refractivity contribution in [3.63, 3.8) is 0 Å². The summed E-state index contributed by atoms with van der Waals surface area (Å²) in [7, 11) is -2.38. The molecule has 0 unspecified atom stereocenters. The SMILES string of the molecule is Cn1ccnc1-c1ccnc(-n2ccc3cc(N(CC(=O)O)S(=O)(=O)c4cc(Cl)cc(Cl)c4)ccc32)c1. The van der Waals surface area contributed by atoms with E-state index in [2.05, 4.69) is 9.97 Å². The largest absolute Gasteiger partial charge is 0.480 e. The smallest absolute Gasteiger partial charge is 0.324 e. The number of carboxylic acid groups (broad SMARTS) is 1. The number of anilines is 1. The average molecular weight is 556 g/mol. The highest BCUT2D eigenvalue weighted by atomic mass is 35.5. The van der Waals surface area contributed by atoms with Crippen LogP contribution in [0.15, 0.2) is 84.3 Å². The molecule has 0 bridgehead atoms. The first kappa shape index (κ1) is 24.8. The first-order valence-electron chi connectivity index (χ1n) is 10.9. The van der Waals surface area contributed by atoms with Gasteiger partial charge in [-0.3, -0.25) is 9.10 Å². The average Bonchev–Trinajstić information content (AvgIpc) is 3.47. The maximum absolute atomic E-state index is 13.4. The van der Waals surface area contributed by atoms with E-state index in [4.69, 9.17) is 23.2 Å². The fourth-order valence-corrected chi connectivity index (χ4v) is 6.19. The molecule has 0 aliphatic carbocycles. The van der Waals surface area contributed by atoms with E-state index >= 15 is 0 Å². The Morgan fingerprint density at radius 1 is 0.973 bits per heavy atom. The van der Waals surface area contributed by atoms with Gasteiger partial charge in [0.15, 0.2) is 0 Å². The summed E-state index contributed by atoms with van der Waals surface area (Å²) in [5.41, 5.74) is 1.82. The number of halogens is 2. The molecule has 9 nitrogen and oxygen atoms in total. The van der Waals surface area contributed by atoms with Crippen molar-refractivity contribution < 1.29 is 18.3 Å². The van der Waals surface area contributed by atoms with Crippen molar-refractivity contribution in [2.45, 2.75) is 4.90 Å². The summed E-state index contributed by atoms with van der Waals surface area (Å²) in [6.07, 6.45) is 7.08. The van der Waals surface area contributed by atoms with E-state index in [0.717, 1.165) is 21.2 Å². The number of carboxylic acids is 1. The molecule has 3 heterocycles. The number of hydrogen-bond acceptors (Lipinski definition) is 5.